The minimum absolute atomic E-state index is 0.00944. The molecule has 1 aromatic heterocycles. The molecule has 6 nitrogen and oxygen atoms in total. The van der Waals surface area contributed by atoms with Crippen LogP contribution in [0.15, 0.2) is 66.9 Å². The molecule has 1 saturated heterocycles. The molecule has 2 heterocycles. The molecule has 176 valence electrons. The largest absolute Gasteiger partial charge is 0.417 e. The molecular weight excluding hydrogens is 445 g/mol. The van der Waals surface area contributed by atoms with E-state index in [2.05, 4.69) is 10.3 Å². The molecule has 0 atom stereocenters. The molecule has 0 saturated carbocycles. The Hall–Kier alpha value is -3.88. The minimum Gasteiger partial charge on any atom is -0.353 e. The summed E-state index contributed by atoms with van der Waals surface area (Å²) in [5.74, 6) is -0.202. The first kappa shape index (κ1) is 23.3. The maximum atomic E-state index is 13.2. The molecule has 0 unspecified atom stereocenters. The van der Waals surface area contributed by atoms with E-state index < -0.39 is 23.2 Å². The van der Waals surface area contributed by atoms with Crippen LogP contribution in [0.1, 0.15) is 31.8 Å². The number of hydrogen-bond acceptors (Lipinski definition) is 4. The number of benzene rings is 2. The van der Waals surface area contributed by atoms with Gasteiger partial charge in [0, 0.05) is 31.7 Å². The maximum absolute atomic E-state index is 13.2. The summed E-state index contributed by atoms with van der Waals surface area (Å²) in [5.41, 5.74) is 0.600. The lowest BCUT2D eigenvalue weighted by molar-refractivity contribution is -0.137. The van der Waals surface area contributed by atoms with Crippen LogP contribution >= 0.6 is 0 Å². The average Bonchev–Trinajstić information content (AvgIpc) is 2.84. The predicted octanol–water partition coefficient (Wildman–Crippen LogP) is 4.62. The number of carbonyl (C=O) groups excluding carboxylic acids is 2. The molecular formula is C25H23F3N4O2. The molecule has 9 heteroatoms. The Morgan fingerprint density at radius 2 is 1.59 bits per heavy atom. The first-order valence-electron chi connectivity index (χ1n) is 10.8. The summed E-state index contributed by atoms with van der Waals surface area (Å²) in [4.78, 5) is 33.3. The molecule has 4 rings (SSSR count). The monoisotopic (exact) mass is 468 g/mol. The van der Waals surface area contributed by atoms with Gasteiger partial charge in [-0.2, -0.15) is 13.2 Å². The number of halogens is 3. The summed E-state index contributed by atoms with van der Waals surface area (Å²) in [5, 5.41) is 2.47. The summed E-state index contributed by atoms with van der Waals surface area (Å²) in [6.07, 6.45) is -3.22. The number of aryl methyl sites for hydroxylation is 1. The molecule has 1 aliphatic heterocycles. The van der Waals surface area contributed by atoms with Crippen molar-refractivity contribution in [1.82, 2.24) is 9.88 Å². The van der Waals surface area contributed by atoms with E-state index in [4.69, 9.17) is 0 Å². The van der Waals surface area contributed by atoms with E-state index in [1.807, 2.05) is 36.1 Å². The van der Waals surface area contributed by atoms with Crippen LogP contribution in [-0.2, 0) is 6.18 Å². The van der Waals surface area contributed by atoms with Gasteiger partial charge in [-0.3, -0.25) is 9.59 Å². The van der Waals surface area contributed by atoms with Crippen molar-refractivity contribution in [3.8, 4) is 0 Å². The first-order chi connectivity index (χ1) is 16.2. The van der Waals surface area contributed by atoms with Crippen molar-refractivity contribution < 1.29 is 22.8 Å². The Balaban J connectivity index is 1.36. The van der Waals surface area contributed by atoms with Crippen LogP contribution in [0.4, 0.5) is 24.7 Å². The molecule has 1 fully saturated rings. The SMILES string of the molecule is Cc1ccc(C(=O)N2CCN(c3ccc(NC(=O)c4ccccc4C(F)(F)F)cn3)CC2)cc1. The van der Waals surface area contributed by atoms with Crippen molar-refractivity contribution in [1.29, 1.82) is 0 Å². The normalized spacial score (nSPS) is 14.1. The number of hydrogen-bond donors (Lipinski definition) is 1. The minimum atomic E-state index is -4.63. The van der Waals surface area contributed by atoms with Crippen LogP contribution in [0.2, 0.25) is 0 Å². The van der Waals surface area contributed by atoms with Gasteiger partial charge >= 0.3 is 6.18 Å². The van der Waals surface area contributed by atoms with Gasteiger partial charge in [-0.25, -0.2) is 4.98 Å². The molecule has 2 amide bonds. The second-order valence-electron chi connectivity index (χ2n) is 8.05. The summed E-state index contributed by atoms with van der Waals surface area (Å²) in [7, 11) is 0. The lowest BCUT2D eigenvalue weighted by Gasteiger charge is -2.35. The van der Waals surface area contributed by atoms with E-state index in [1.54, 1.807) is 17.0 Å². The van der Waals surface area contributed by atoms with Crippen molar-refractivity contribution in [3.63, 3.8) is 0 Å². The van der Waals surface area contributed by atoms with E-state index in [-0.39, 0.29) is 5.91 Å². The highest BCUT2D eigenvalue weighted by Gasteiger charge is 2.34. The molecule has 0 aliphatic carbocycles. The lowest BCUT2D eigenvalue weighted by Crippen LogP contribution is -2.49. The van der Waals surface area contributed by atoms with Gasteiger partial charge in [0.15, 0.2) is 0 Å². The van der Waals surface area contributed by atoms with Gasteiger partial charge in [-0.1, -0.05) is 29.8 Å². The van der Waals surface area contributed by atoms with Crippen molar-refractivity contribution in [3.05, 3.63) is 89.1 Å². The van der Waals surface area contributed by atoms with Gasteiger partial charge in [0.2, 0.25) is 0 Å². The Morgan fingerprint density at radius 3 is 2.21 bits per heavy atom. The zero-order valence-electron chi connectivity index (χ0n) is 18.5. The van der Waals surface area contributed by atoms with Gasteiger partial charge in [-0.05, 0) is 43.3 Å². The van der Waals surface area contributed by atoms with Gasteiger partial charge in [-0.15, -0.1) is 0 Å². The van der Waals surface area contributed by atoms with Crippen LogP contribution in [-0.4, -0.2) is 47.9 Å². The van der Waals surface area contributed by atoms with Crippen LogP contribution in [0.5, 0.6) is 0 Å². The third kappa shape index (κ3) is 5.19. The van der Waals surface area contributed by atoms with Gasteiger partial charge < -0.3 is 15.1 Å². The van der Waals surface area contributed by atoms with Crippen molar-refractivity contribution in [2.45, 2.75) is 13.1 Å². The number of carbonyl (C=O) groups is 2. The Bertz CT molecular complexity index is 1170. The molecule has 1 aliphatic rings. The van der Waals surface area contributed by atoms with Crippen molar-refractivity contribution >= 4 is 23.3 Å². The van der Waals surface area contributed by atoms with Gasteiger partial charge in [0.1, 0.15) is 5.82 Å². The maximum Gasteiger partial charge on any atom is 0.417 e. The highest BCUT2D eigenvalue weighted by Crippen LogP contribution is 2.32. The van der Waals surface area contributed by atoms with E-state index in [1.165, 1.54) is 18.3 Å². The topological polar surface area (TPSA) is 65.5 Å². The number of amides is 2. The van der Waals surface area contributed by atoms with Crippen LogP contribution in [0.3, 0.4) is 0 Å². The van der Waals surface area contributed by atoms with Crippen molar-refractivity contribution in [2.24, 2.45) is 0 Å². The summed E-state index contributed by atoms with van der Waals surface area (Å²) in [6, 6.07) is 15.4. The Kier molecular flexibility index (Phi) is 6.54. The van der Waals surface area contributed by atoms with Crippen LogP contribution in [0, 0.1) is 6.92 Å². The average molecular weight is 468 g/mol. The summed E-state index contributed by atoms with van der Waals surface area (Å²) in [6.45, 7) is 4.24. The van der Waals surface area contributed by atoms with Crippen LogP contribution in [0.25, 0.3) is 0 Å². The Morgan fingerprint density at radius 1 is 0.912 bits per heavy atom. The third-order valence-corrected chi connectivity index (χ3v) is 5.67. The molecule has 34 heavy (non-hydrogen) atoms. The van der Waals surface area contributed by atoms with E-state index in [9.17, 15) is 22.8 Å². The van der Waals surface area contributed by atoms with Gasteiger partial charge in [0.25, 0.3) is 11.8 Å². The van der Waals surface area contributed by atoms with E-state index in [0.717, 1.165) is 17.7 Å². The number of nitrogens with zero attached hydrogens (tertiary/aromatic N) is 3. The standard InChI is InChI=1S/C25H23F3N4O2/c1-17-6-8-18(9-7-17)24(34)32-14-12-31(13-15-32)22-11-10-19(16-29-22)30-23(33)20-4-2-3-5-21(20)25(26,27)28/h2-11,16H,12-15H2,1H3,(H,30,33). The number of nitrogens with one attached hydrogen (secondary N) is 1. The van der Waals surface area contributed by atoms with E-state index >= 15 is 0 Å². The fourth-order valence-electron chi connectivity index (χ4n) is 3.79. The van der Waals surface area contributed by atoms with Gasteiger partial charge in [0.05, 0.1) is 23.0 Å². The highest BCUT2D eigenvalue weighted by molar-refractivity contribution is 6.05. The summed E-state index contributed by atoms with van der Waals surface area (Å²) >= 11 is 0. The number of aromatic nitrogens is 1. The molecule has 2 aromatic carbocycles. The number of piperazine rings is 1. The smallest absolute Gasteiger partial charge is 0.353 e. The fraction of sp³-hybridized carbons (Fsp3) is 0.240. The zero-order valence-corrected chi connectivity index (χ0v) is 18.5. The van der Waals surface area contributed by atoms with Crippen molar-refractivity contribution in [2.75, 3.05) is 36.4 Å². The molecule has 0 bridgehead atoms. The van der Waals surface area contributed by atoms with Crippen LogP contribution < -0.4 is 10.2 Å². The molecule has 0 spiro atoms. The number of rotatable bonds is 4. The lowest BCUT2D eigenvalue weighted by atomic mass is 10.1. The number of alkyl halides is 3. The number of anilines is 2. The highest BCUT2D eigenvalue weighted by atomic mass is 19.4. The predicted molar refractivity (Wildman–Crippen MR) is 123 cm³/mol. The fourth-order valence-corrected chi connectivity index (χ4v) is 3.79. The molecule has 3 aromatic rings. The Labute approximate surface area is 195 Å². The zero-order chi connectivity index (χ0) is 24.3. The quantitative estimate of drug-likeness (QED) is 0.607. The second kappa shape index (κ2) is 9.54. The van der Waals surface area contributed by atoms with E-state index in [0.29, 0.717) is 43.2 Å². The molecule has 0 radical (unpaired) electrons. The summed E-state index contributed by atoms with van der Waals surface area (Å²) < 4.78 is 39.5. The second-order valence-corrected chi connectivity index (χ2v) is 8.05. The number of pyridine rings is 1. The first-order valence-corrected chi connectivity index (χ1v) is 10.8. The molecule has 1 N–H and O–H groups in total. The third-order valence-electron chi connectivity index (χ3n) is 5.67.